The number of nitrogens with zero attached hydrogens (tertiary/aromatic N) is 1. The molecule has 0 radical (unpaired) electrons. The normalized spacial score (nSPS) is 16.0. The monoisotopic (exact) mass is 396 g/mol. The fourth-order valence-electron chi connectivity index (χ4n) is 4.14. The Hall–Kier alpha value is -3.39. The maximum Gasteiger partial charge on any atom is 0.216 e. The summed E-state index contributed by atoms with van der Waals surface area (Å²) in [5.74, 6) is -1.69. The molecule has 5 rings (SSSR count). The number of para-hydroxylation sites is 1. The van der Waals surface area contributed by atoms with Gasteiger partial charge in [-0.15, -0.1) is 0 Å². The first-order valence-corrected chi connectivity index (χ1v) is 10.1. The fraction of sp³-hybridized carbons (Fsp3) is 0.179. The maximum absolute atomic E-state index is 8.48. The molecule has 30 heavy (non-hydrogen) atoms. The second kappa shape index (κ2) is 7.14. The first-order valence-electron chi connectivity index (χ1n) is 12.1. The van der Waals surface area contributed by atoms with E-state index in [1.807, 2.05) is 55.7 Å². The Labute approximate surface area is 183 Å². The summed E-state index contributed by atoms with van der Waals surface area (Å²) in [7, 11) is 2.01. The molecule has 2 nitrogen and oxygen atoms in total. The Morgan fingerprint density at radius 2 is 1.77 bits per heavy atom. The molecule has 2 heterocycles. The molecule has 0 saturated carbocycles. The van der Waals surface area contributed by atoms with Gasteiger partial charge in [-0.25, -0.2) is 4.57 Å². The molecule has 5 aromatic rings. The molecule has 3 aromatic carbocycles. The maximum atomic E-state index is 8.48. The molecule has 0 aliphatic carbocycles. The van der Waals surface area contributed by atoms with Crippen LogP contribution in [0.4, 0.5) is 0 Å². The van der Waals surface area contributed by atoms with Crippen LogP contribution >= 0.6 is 0 Å². The molecule has 0 saturated heterocycles. The zero-order valence-electron chi connectivity index (χ0n) is 21.4. The first kappa shape index (κ1) is 14.6. The van der Waals surface area contributed by atoms with Crippen molar-refractivity contribution in [2.24, 2.45) is 7.05 Å². The molecule has 2 aromatic heterocycles. The predicted octanol–water partition coefficient (Wildman–Crippen LogP) is 7.18. The van der Waals surface area contributed by atoms with Crippen LogP contribution in [0.2, 0.25) is 0 Å². The van der Waals surface area contributed by atoms with Gasteiger partial charge in [0.15, 0.2) is 6.20 Å². The van der Waals surface area contributed by atoms with Crippen LogP contribution in [-0.4, -0.2) is 0 Å². The van der Waals surface area contributed by atoms with Gasteiger partial charge in [0.25, 0.3) is 0 Å². The number of hydrogen-bond donors (Lipinski definition) is 0. The minimum atomic E-state index is -2.42. The average molecular weight is 397 g/mol. The van der Waals surface area contributed by atoms with E-state index in [9.17, 15) is 0 Å². The summed E-state index contributed by atoms with van der Waals surface area (Å²) in [6, 6.07) is 23.7. The van der Waals surface area contributed by atoms with Gasteiger partial charge in [0, 0.05) is 28.4 Å². The van der Waals surface area contributed by atoms with Crippen LogP contribution in [0.15, 0.2) is 83.4 Å². The van der Waals surface area contributed by atoms with Crippen LogP contribution in [-0.2, 0) is 7.05 Å². The summed E-state index contributed by atoms with van der Waals surface area (Å²) < 4.78 is 40.3. The standard InChI is InChI=1S/C28H26NO/c1-18(2)20-8-7-9-21(16-20)22-14-15-29(4)25(17-22)27-19(3)12-13-24-23-10-5-6-11-26(23)30-28(24)27/h5-18H,1-4H3/q+1/i1D3,18D. The third kappa shape index (κ3) is 3.00. The smallest absolute Gasteiger partial charge is 0.216 e. The molecule has 0 fully saturated rings. The largest absolute Gasteiger partial charge is 0.455 e. The van der Waals surface area contributed by atoms with Crippen LogP contribution in [0.1, 0.15) is 36.3 Å². The lowest BCUT2D eigenvalue weighted by Crippen LogP contribution is -2.30. The molecule has 0 aliphatic rings. The van der Waals surface area contributed by atoms with Gasteiger partial charge >= 0.3 is 0 Å². The van der Waals surface area contributed by atoms with E-state index in [4.69, 9.17) is 9.90 Å². The van der Waals surface area contributed by atoms with Gasteiger partial charge in [-0.3, -0.25) is 0 Å². The van der Waals surface area contributed by atoms with E-state index < -0.39 is 12.7 Å². The molecule has 1 unspecified atom stereocenters. The van der Waals surface area contributed by atoms with Crippen molar-refractivity contribution in [1.29, 1.82) is 0 Å². The lowest BCUT2D eigenvalue weighted by molar-refractivity contribution is -0.660. The Morgan fingerprint density at radius 3 is 2.63 bits per heavy atom. The molecule has 2 heteroatoms. The Balaban J connectivity index is 1.70. The van der Waals surface area contributed by atoms with Gasteiger partial charge in [-0.2, -0.15) is 0 Å². The topological polar surface area (TPSA) is 17.0 Å². The van der Waals surface area contributed by atoms with E-state index in [1.165, 1.54) is 6.92 Å². The molecule has 0 amide bonds. The Morgan fingerprint density at radius 1 is 0.933 bits per heavy atom. The third-order valence-electron chi connectivity index (χ3n) is 5.79. The molecule has 148 valence electrons. The van der Waals surface area contributed by atoms with Crippen molar-refractivity contribution in [1.82, 2.24) is 0 Å². The summed E-state index contributed by atoms with van der Waals surface area (Å²) in [5.41, 5.74) is 7.13. The number of furan rings is 1. The van der Waals surface area contributed by atoms with Crippen molar-refractivity contribution < 1.29 is 14.5 Å². The number of benzene rings is 3. The van der Waals surface area contributed by atoms with Crippen molar-refractivity contribution in [2.45, 2.75) is 26.6 Å². The minimum absolute atomic E-state index is 0.468. The lowest BCUT2D eigenvalue weighted by Gasteiger charge is -2.10. The highest BCUT2D eigenvalue weighted by molar-refractivity contribution is 6.09. The minimum Gasteiger partial charge on any atom is -0.455 e. The van der Waals surface area contributed by atoms with E-state index in [0.717, 1.165) is 49.9 Å². The van der Waals surface area contributed by atoms with Gasteiger partial charge in [0.1, 0.15) is 18.2 Å². The number of aryl methyl sites for hydroxylation is 2. The van der Waals surface area contributed by atoms with Crippen molar-refractivity contribution in [3.8, 4) is 22.4 Å². The second-order valence-corrected chi connectivity index (χ2v) is 7.85. The third-order valence-corrected chi connectivity index (χ3v) is 5.79. The summed E-state index contributed by atoms with van der Waals surface area (Å²) in [6.45, 7) is 1.10. The average Bonchev–Trinajstić information content (AvgIpc) is 3.17. The summed E-state index contributed by atoms with van der Waals surface area (Å²) in [6.07, 6.45) is 2.00. The SMILES string of the molecule is [2H]C([2H])([2H])C([2H])(C)c1cccc(-c2cc[n+](C)c(-c3c(C)ccc4c3oc3ccccc34)c2)c1. The summed E-state index contributed by atoms with van der Waals surface area (Å²) in [5, 5.41) is 2.16. The molecular formula is C28H26NO+. The van der Waals surface area contributed by atoms with Crippen LogP contribution in [0.3, 0.4) is 0 Å². The predicted molar refractivity (Wildman–Crippen MR) is 125 cm³/mol. The molecule has 0 spiro atoms. The van der Waals surface area contributed by atoms with E-state index >= 15 is 0 Å². The summed E-state index contributed by atoms with van der Waals surface area (Å²) in [4.78, 5) is 0. The van der Waals surface area contributed by atoms with E-state index in [2.05, 4.69) is 35.8 Å². The molecular weight excluding hydrogens is 366 g/mol. The number of pyridine rings is 1. The Bertz CT molecular complexity index is 1550. The second-order valence-electron chi connectivity index (χ2n) is 7.85. The molecule has 0 N–H and O–H groups in total. The van der Waals surface area contributed by atoms with E-state index in [0.29, 0.717) is 5.56 Å². The quantitative estimate of drug-likeness (QED) is 0.295. The number of hydrogen-bond acceptors (Lipinski definition) is 1. The van der Waals surface area contributed by atoms with Crippen LogP contribution in [0.5, 0.6) is 0 Å². The number of rotatable bonds is 3. The van der Waals surface area contributed by atoms with Crippen molar-refractivity contribution >= 4 is 21.9 Å². The highest BCUT2D eigenvalue weighted by atomic mass is 16.3. The van der Waals surface area contributed by atoms with Gasteiger partial charge < -0.3 is 4.42 Å². The van der Waals surface area contributed by atoms with Crippen molar-refractivity contribution in [2.75, 3.05) is 0 Å². The van der Waals surface area contributed by atoms with E-state index in [-0.39, 0.29) is 0 Å². The molecule has 1 atom stereocenters. The zero-order valence-corrected chi connectivity index (χ0v) is 17.4. The van der Waals surface area contributed by atoms with Crippen LogP contribution in [0, 0.1) is 6.92 Å². The molecule has 0 aliphatic heterocycles. The van der Waals surface area contributed by atoms with Crippen molar-refractivity contribution in [3.05, 3.63) is 90.1 Å². The summed E-state index contributed by atoms with van der Waals surface area (Å²) >= 11 is 0. The first-order chi connectivity index (χ1) is 16.1. The van der Waals surface area contributed by atoms with Crippen LogP contribution in [0.25, 0.3) is 44.3 Å². The molecule has 0 bridgehead atoms. The van der Waals surface area contributed by atoms with Crippen molar-refractivity contribution in [3.63, 3.8) is 0 Å². The van der Waals surface area contributed by atoms with Gasteiger partial charge in [-0.05, 0) is 41.1 Å². The van der Waals surface area contributed by atoms with E-state index in [1.54, 1.807) is 6.07 Å². The highest BCUT2D eigenvalue weighted by Crippen LogP contribution is 2.37. The lowest BCUT2D eigenvalue weighted by atomic mass is 9.95. The highest BCUT2D eigenvalue weighted by Gasteiger charge is 2.21. The van der Waals surface area contributed by atoms with Gasteiger partial charge in [-0.1, -0.05) is 68.4 Å². The van der Waals surface area contributed by atoms with Gasteiger partial charge in [0.2, 0.25) is 5.69 Å². The fourth-order valence-corrected chi connectivity index (χ4v) is 4.14. The number of fused-ring (bicyclic) bond motifs is 3. The van der Waals surface area contributed by atoms with Gasteiger partial charge in [0.05, 0.1) is 5.56 Å². The zero-order chi connectivity index (χ0) is 24.3. The van der Waals surface area contributed by atoms with Crippen LogP contribution < -0.4 is 4.57 Å². The number of aromatic nitrogens is 1. The Kier molecular flexibility index (Phi) is 3.47.